The lowest BCUT2D eigenvalue weighted by Crippen LogP contribution is -1.93. The third-order valence-corrected chi connectivity index (χ3v) is 10.4. The molecule has 0 fully saturated rings. The molecule has 0 spiro atoms. The number of benzene rings is 7. The van der Waals surface area contributed by atoms with Crippen molar-refractivity contribution in [3.63, 3.8) is 0 Å². The fraction of sp³-hybridized carbons (Fsp3) is 0. The second-order valence-corrected chi connectivity index (χ2v) is 13.3. The van der Waals surface area contributed by atoms with Gasteiger partial charge in [-0.2, -0.15) is 10.5 Å². The van der Waals surface area contributed by atoms with Crippen LogP contribution in [-0.4, -0.2) is 9.55 Å². The van der Waals surface area contributed by atoms with E-state index in [1.54, 1.807) is 11.3 Å². The van der Waals surface area contributed by atoms with Crippen LogP contribution in [0, 0.1) is 22.7 Å². The molecule has 0 saturated carbocycles. The van der Waals surface area contributed by atoms with Crippen molar-refractivity contribution in [3.05, 3.63) is 169 Å². The van der Waals surface area contributed by atoms with Crippen LogP contribution in [0.3, 0.4) is 0 Å². The zero-order valence-electron chi connectivity index (χ0n) is 26.7. The molecule has 0 radical (unpaired) electrons. The first-order chi connectivity index (χ1) is 24.6. The van der Waals surface area contributed by atoms with E-state index in [1.165, 1.54) is 0 Å². The monoisotopic (exact) mass is 654 g/mol. The molecular formula is C45H26N4S. The van der Waals surface area contributed by atoms with Gasteiger partial charge in [0.25, 0.3) is 0 Å². The largest absolute Gasteiger partial charge is 0.309 e. The van der Waals surface area contributed by atoms with Crippen LogP contribution in [0.2, 0.25) is 0 Å². The van der Waals surface area contributed by atoms with E-state index in [4.69, 9.17) is 4.98 Å². The van der Waals surface area contributed by atoms with Crippen molar-refractivity contribution in [3.8, 4) is 61.8 Å². The van der Waals surface area contributed by atoms with Gasteiger partial charge in [0.2, 0.25) is 0 Å². The number of aromatic nitrogens is 2. The van der Waals surface area contributed by atoms with Crippen LogP contribution in [0.15, 0.2) is 158 Å². The van der Waals surface area contributed by atoms with E-state index >= 15 is 0 Å². The van der Waals surface area contributed by atoms with Crippen LogP contribution in [0.25, 0.3) is 81.7 Å². The predicted octanol–water partition coefficient (Wildman–Crippen LogP) is 11.8. The summed E-state index contributed by atoms with van der Waals surface area (Å²) < 4.78 is 3.43. The Balaban J connectivity index is 1.22. The van der Waals surface area contributed by atoms with Gasteiger partial charge in [0.15, 0.2) is 0 Å². The highest BCUT2D eigenvalue weighted by molar-refractivity contribution is 7.21. The van der Waals surface area contributed by atoms with Crippen molar-refractivity contribution < 1.29 is 0 Å². The average Bonchev–Trinajstić information content (AvgIpc) is 3.77. The van der Waals surface area contributed by atoms with E-state index in [0.29, 0.717) is 11.1 Å². The van der Waals surface area contributed by atoms with Gasteiger partial charge in [0.1, 0.15) is 5.01 Å². The van der Waals surface area contributed by atoms with Crippen LogP contribution in [0.5, 0.6) is 0 Å². The van der Waals surface area contributed by atoms with Gasteiger partial charge in [0.05, 0.1) is 44.5 Å². The summed E-state index contributed by atoms with van der Waals surface area (Å²) in [7, 11) is 0. The maximum Gasteiger partial charge on any atom is 0.124 e. The number of hydrogen-bond donors (Lipinski definition) is 0. The van der Waals surface area contributed by atoms with Gasteiger partial charge >= 0.3 is 0 Å². The lowest BCUT2D eigenvalue weighted by molar-refractivity contribution is 1.18. The van der Waals surface area contributed by atoms with Gasteiger partial charge in [-0.1, -0.05) is 72.8 Å². The molecule has 50 heavy (non-hydrogen) atoms. The number of thiazole rings is 1. The molecule has 0 saturated heterocycles. The highest BCUT2D eigenvalue weighted by Gasteiger charge is 2.16. The molecule has 0 bridgehead atoms. The van der Waals surface area contributed by atoms with Crippen LogP contribution in [0.1, 0.15) is 11.1 Å². The van der Waals surface area contributed by atoms with Gasteiger partial charge in [-0.15, -0.1) is 11.3 Å². The van der Waals surface area contributed by atoms with Crippen molar-refractivity contribution >= 4 is 43.4 Å². The summed E-state index contributed by atoms with van der Waals surface area (Å²) in [5.41, 5.74) is 13.1. The number of hydrogen-bond acceptors (Lipinski definition) is 4. The summed E-state index contributed by atoms with van der Waals surface area (Å²) in [6, 6.07) is 58.8. The molecule has 0 amide bonds. The Morgan fingerprint density at radius 1 is 0.460 bits per heavy atom. The Morgan fingerprint density at radius 3 is 1.70 bits per heavy atom. The van der Waals surface area contributed by atoms with E-state index in [1.807, 2.05) is 54.6 Å². The molecule has 0 unspecified atom stereocenters. The first-order valence-corrected chi connectivity index (χ1v) is 17.1. The Bertz CT molecular complexity index is 2780. The number of nitrogens with zero attached hydrogens (tertiary/aromatic N) is 4. The Kier molecular flexibility index (Phi) is 7.06. The number of rotatable bonds is 5. The summed E-state index contributed by atoms with van der Waals surface area (Å²) in [5, 5.41) is 22.1. The van der Waals surface area contributed by atoms with Crippen molar-refractivity contribution in [2.45, 2.75) is 0 Å². The van der Waals surface area contributed by atoms with Crippen LogP contribution >= 0.6 is 11.3 Å². The number of nitriles is 2. The second-order valence-electron chi connectivity index (χ2n) is 12.3. The van der Waals surface area contributed by atoms with Crippen LogP contribution in [0.4, 0.5) is 0 Å². The Hall–Kier alpha value is -6.79. The average molecular weight is 655 g/mol. The fourth-order valence-corrected chi connectivity index (χ4v) is 7.75. The van der Waals surface area contributed by atoms with Gasteiger partial charge in [-0.3, -0.25) is 0 Å². The smallest absolute Gasteiger partial charge is 0.124 e. The number of fused-ring (bicyclic) bond motifs is 4. The van der Waals surface area contributed by atoms with E-state index in [-0.39, 0.29) is 0 Å². The molecule has 0 N–H and O–H groups in total. The Labute approximate surface area is 293 Å². The zero-order chi connectivity index (χ0) is 33.6. The minimum absolute atomic E-state index is 0.639. The molecule has 0 aliphatic rings. The summed E-state index contributed by atoms with van der Waals surface area (Å²) in [5.74, 6) is 0. The standard InChI is InChI=1S/C45H26N4S/c46-27-29-10-13-31(14-11-29)32-15-17-33(18-16-32)35-23-36(25-37(24-35)45-48-41-8-4-5-9-44(41)50-45)34-19-21-43-40(26-34)39-22-30(28-47)12-20-42(39)49(43)38-6-2-1-3-7-38/h1-26H. The summed E-state index contributed by atoms with van der Waals surface area (Å²) in [6.45, 7) is 0. The maximum atomic E-state index is 9.79. The summed E-state index contributed by atoms with van der Waals surface area (Å²) >= 11 is 1.70. The third kappa shape index (κ3) is 5.11. The van der Waals surface area contributed by atoms with Crippen molar-refractivity contribution in [2.24, 2.45) is 0 Å². The molecule has 9 aromatic rings. The normalized spacial score (nSPS) is 11.2. The lowest BCUT2D eigenvalue weighted by Gasteiger charge is -2.12. The van der Waals surface area contributed by atoms with Gasteiger partial charge in [-0.05, 0) is 118 Å². The number of para-hydroxylation sites is 2. The summed E-state index contributed by atoms with van der Waals surface area (Å²) in [4.78, 5) is 5.03. The highest BCUT2D eigenvalue weighted by Crippen LogP contribution is 2.39. The first-order valence-electron chi connectivity index (χ1n) is 16.3. The second kappa shape index (κ2) is 12.0. The topological polar surface area (TPSA) is 65.4 Å². The molecule has 232 valence electrons. The minimum atomic E-state index is 0.639. The molecular weight excluding hydrogens is 629 g/mol. The van der Waals surface area contributed by atoms with E-state index in [2.05, 4.69) is 120 Å². The van der Waals surface area contributed by atoms with Crippen molar-refractivity contribution in [1.29, 1.82) is 10.5 Å². The van der Waals surface area contributed by atoms with Gasteiger partial charge in [-0.25, -0.2) is 4.98 Å². The fourth-order valence-electron chi connectivity index (χ4n) is 6.80. The molecule has 0 aliphatic heterocycles. The van der Waals surface area contributed by atoms with Crippen LogP contribution < -0.4 is 0 Å². The van der Waals surface area contributed by atoms with Crippen molar-refractivity contribution in [2.75, 3.05) is 0 Å². The Morgan fingerprint density at radius 2 is 1.00 bits per heavy atom. The molecule has 2 heterocycles. The molecule has 2 aromatic heterocycles. The highest BCUT2D eigenvalue weighted by atomic mass is 32.1. The first kappa shape index (κ1) is 29.4. The third-order valence-electron chi connectivity index (χ3n) is 9.28. The molecule has 7 aromatic carbocycles. The maximum absolute atomic E-state index is 9.79. The zero-order valence-corrected chi connectivity index (χ0v) is 27.5. The molecule has 5 heteroatoms. The van der Waals surface area contributed by atoms with Crippen molar-refractivity contribution in [1.82, 2.24) is 9.55 Å². The summed E-state index contributed by atoms with van der Waals surface area (Å²) in [6.07, 6.45) is 0. The quantitative estimate of drug-likeness (QED) is 0.185. The van der Waals surface area contributed by atoms with Gasteiger partial charge < -0.3 is 4.57 Å². The molecule has 0 atom stereocenters. The SMILES string of the molecule is N#Cc1ccc(-c2ccc(-c3cc(-c4ccc5c(c4)c4cc(C#N)ccc4n5-c4ccccc4)cc(-c4nc5ccccc5s4)c3)cc2)cc1. The van der Waals surface area contributed by atoms with Crippen LogP contribution in [-0.2, 0) is 0 Å². The van der Waals surface area contributed by atoms with E-state index in [0.717, 1.165) is 81.7 Å². The van der Waals surface area contributed by atoms with E-state index in [9.17, 15) is 10.5 Å². The lowest BCUT2D eigenvalue weighted by atomic mass is 9.94. The van der Waals surface area contributed by atoms with E-state index < -0.39 is 0 Å². The molecule has 4 nitrogen and oxygen atoms in total. The molecule has 0 aliphatic carbocycles. The van der Waals surface area contributed by atoms with Gasteiger partial charge in [0, 0.05) is 22.0 Å². The minimum Gasteiger partial charge on any atom is -0.309 e. The molecule has 9 rings (SSSR count). The predicted molar refractivity (Wildman–Crippen MR) is 205 cm³/mol.